The highest BCUT2D eigenvalue weighted by atomic mass is 16.5. The summed E-state index contributed by atoms with van der Waals surface area (Å²) in [7, 11) is 0. The first-order valence-electron chi connectivity index (χ1n) is 19.2. The lowest BCUT2D eigenvalue weighted by Crippen LogP contribution is -2.28. The van der Waals surface area contributed by atoms with E-state index in [0.29, 0.717) is 12.8 Å². The van der Waals surface area contributed by atoms with Crippen LogP contribution in [0.1, 0.15) is 213 Å². The van der Waals surface area contributed by atoms with Gasteiger partial charge in [0.15, 0.2) is 0 Å². The van der Waals surface area contributed by atoms with Crippen LogP contribution in [0.25, 0.3) is 0 Å². The number of carbonyl (C=O) groups excluding carboxylic acids is 2. The summed E-state index contributed by atoms with van der Waals surface area (Å²) in [6.07, 6.45) is 36.8. The van der Waals surface area contributed by atoms with Gasteiger partial charge in [0.2, 0.25) is 5.91 Å². The third-order valence-corrected chi connectivity index (χ3v) is 8.78. The van der Waals surface area contributed by atoms with Gasteiger partial charge in [-0.2, -0.15) is 0 Å². The van der Waals surface area contributed by atoms with Crippen LogP contribution in [-0.4, -0.2) is 35.6 Å². The monoisotopic (exact) mass is 624 g/mol. The molecule has 6 nitrogen and oxygen atoms in total. The maximum Gasteiger partial charge on any atom is 0.322 e. The Bertz CT molecular complexity index is 653. The van der Waals surface area contributed by atoms with Gasteiger partial charge in [-0.15, -0.1) is 0 Å². The van der Waals surface area contributed by atoms with Gasteiger partial charge in [-0.3, -0.25) is 14.4 Å². The van der Waals surface area contributed by atoms with Gasteiger partial charge in [0.1, 0.15) is 12.6 Å². The second-order valence-electron chi connectivity index (χ2n) is 13.2. The number of esters is 1. The summed E-state index contributed by atoms with van der Waals surface area (Å²) in [5.74, 6) is -1.30. The minimum absolute atomic E-state index is 0.0229. The van der Waals surface area contributed by atoms with Crippen LogP contribution in [0.15, 0.2) is 0 Å². The normalized spacial score (nSPS) is 11.9. The molecule has 0 aliphatic carbocycles. The van der Waals surface area contributed by atoms with E-state index in [1.807, 2.05) is 0 Å². The Hall–Kier alpha value is -1.59. The number of unbranched alkanes of at least 4 members (excludes halogenated alkanes) is 24. The fraction of sp³-hybridized carbons (Fsp3) is 0.921. The Morgan fingerprint density at radius 3 is 1.25 bits per heavy atom. The zero-order valence-corrected chi connectivity index (χ0v) is 29.3. The van der Waals surface area contributed by atoms with Crippen LogP contribution >= 0.6 is 0 Å². The highest BCUT2D eigenvalue weighted by Crippen LogP contribution is 2.18. The number of carbonyl (C=O) groups is 3. The molecule has 0 saturated heterocycles. The molecule has 44 heavy (non-hydrogen) atoms. The smallest absolute Gasteiger partial charge is 0.322 e. The van der Waals surface area contributed by atoms with E-state index in [1.54, 1.807) is 0 Å². The van der Waals surface area contributed by atoms with Gasteiger partial charge in [0.05, 0.1) is 0 Å². The molecule has 2 N–H and O–H groups in total. The van der Waals surface area contributed by atoms with Gasteiger partial charge >= 0.3 is 11.9 Å². The average Bonchev–Trinajstić information content (AvgIpc) is 3.00. The lowest BCUT2D eigenvalue weighted by Gasteiger charge is -2.18. The molecule has 0 aliphatic heterocycles. The summed E-state index contributed by atoms with van der Waals surface area (Å²) in [6, 6.07) is 0. The predicted octanol–water partition coefficient (Wildman–Crippen LogP) is 11.2. The molecule has 0 radical (unpaired) electrons. The Labute approximate surface area is 272 Å². The number of hydrogen-bond donors (Lipinski definition) is 2. The van der Waals surface area contributed by atoms with Crippen molar-refractivity contribution in [3.63, 3.8) is 0 Å². The predicted molar refractivity (Wildman–Crippen MR) is 185 cm³/mol. The largest absolute Gasteiger partial charge is 0.480 e. The number of aliphatic carboxylic acids is 1. The molecule has 0 aromatic heterocycles. The second-order valence-corrected chi connectivity index (χ2v) is 13.2. The number of hydrogen-bond acceptors (Lipinski definition) is 4. The maximum atomic E-state index is 12.5. The zero-order valence-electron chi connectivity index (χ0n) is 29.3. The minimum atomic E-state index is -1.03. The maximum absolute atomic E-state index is 12.5. The fourth-order valence-electron chi connectivity index (χ4n) is 5.93. The second kappa shape index (κ2) is 34.3. The van der Waals surface area contributed by atoms with Crippen LogP contribution in [0.3, 0.4) is 0 Å². The molecule has 0 aromatic carbocycles. The summed E-state index contributed by atoms with van der Waals surface area (Å²) in [4.78, 5) is 34.7. The van der Waals surface area contributed by atoms with Crippen LogP contribution in [0.4, 0.5) is 0 Å². The van der Waals surface area contributed by atoms with Crippen LogP contribution in [0.2, 0.25) is 0 Å². The molecule has 1 amide bonds. The van der Waals surface area contributed by atoms with Crippen LogP contribution in [-0.2, 0) is 19.1 Å². The first-order chi connectivity index (χ1) is 21.5. The fourth-order valence-corrected chi connectivity index (χ4v) is 5.93. The Balaban J connectivity index is 3.72. The van der Waals surface area contributed by atoms with Crippen LogP contribution in [0, 0.1) is 0 Å². The number of carboxylic acids is 1. The van der Waals surface area contributed by atoms with Gasteiger partial charge < -0.3 is 15.2 Å². The van der Waals surface area contributed by atoms with Crippen molar-refractivity contribution in [2.45, 2.75) is 219 Å². The van der Waals surface area contributed by atoms with Gasteiger partial charge in [-0.1, -0.05) is 162 Å². The van der Waals surface area contributed by atoms with Crippen molar-refractivity contribution >= 4 is 17.8 Å². The SMILES string of the molecule is CCCCCCCCCCCCCCCCCCCCCCC(=O)OC(CCCCCC)CCCCCC(=O)NCC(=O)O. The summed E-state index contributed by atoms with van der Waals surface area (Å²) in [5, 5.41) is 11.0. The van der Waals surface area contributed by atoms with Crippen molar-refractivity contribution in [1.82, 2.24) is 5.32 Å². The molecule has 0 spiro atoms. The Morgan fingerprint density at radius 2 is 0.841 bits per heavy atom. The number of carboxylic acid groups (broad SMARTS) is 1. The van der Waals surface area contributed by atoms with Gasteiger partial charge in [0.25, 0.3) is 0 Å². The molecule has 1 atom stereocenters. The van der Waals surface area contributed by atoms with Gasteiger partial charge in [-0.05, 0) is 38.5 Å². The third-order valence-electron chi connectivity index (χ3n) is 8.78. The number of rotatable bonds is 35. The van der Waals surface area contributed by atoms with E-state index in [4.69, 9.17) is 9.84 Å². The van der Waals surface area contributed by atoms with Crippen molar-refractivity contribution in [3.05, 3.63) is 0 Å². The molecule has 0 aliphatic rings. The number of nitrogens with one attached hydrogen (secondary N) is 1. The van der Waals surface area contributed by atoms with E-state index in [9.17, 15) is 14.4 Å². The van der Waals surface area contributed by atoms with E-state index < -0.39 is 5.97 Å². The number of amides is 1. The molecule has 0 bridgehead atoms. The molecule has 6 heteroatoms. The standard InChI is InChI=1S/C38H73NO5/c1-3-5-7-9-10-11-12-13-14-15-16-17-18-19-20-21-22-23-24-29-33-38(43)44-35(30-26-8-6-4-2)31-27-25-28-32-36(40)39-34-37(41)42/h35H,3-34H2,1-2H3,(H,39,40)(H,41,42). The van der Waals surface area contributed by atoms with Crippen LogP contribution < -0.4 is 5.32 Å². The zero-order chi connectivity index (χ0) is 32.4. The lowest BCUT2D eigenvalue weighted by atomic mass is 10.0. The highest BCUT2D eigenvalue weighted by Gasteiger charge is 2.14. The molecule has 260 valence electrons. The molecule has 0 rings (SSSR count). The van der Waals surface area contributed by atoms with Crippen molar-refractivity contribution in [1.29, 1.82) is 0 Å². The van der Waals surface area contributed by atoms with Gasteiger partial charge in [0, 0.05) is 12.8 Å². The summed E-state index contributed by atoms with van der Waals surface area (Å²) in [5.41, 5.74) is 0. The third kappa shape index (κ3) is 33.3. The molecular formula is C38H73NO5. The Kier molecular flexibility index (Phi) is 33.0. The van der Waals surface area contributed by atoms with Crippen molar-refractivity contribution in [2.75, 3.05) is 6.54 Å². The van der Waals surface area contributed by atoms with E-state index in [0.717, 1.165) is 51.4 Å². The molecule has 0 fully saturated rings. The quantitative estimate of drug-likeness (QED) is 0.0541. The molecule has 0 heterocycles. The van der Waals surface area contributed by atoms with E-state index in [1.165, 1.54) is 135 Å². The van der Waals surface area contributed by atoms with E-state index in [2.05, 4.69) is 19.2 Å². The van der Waals surface area contributed by atoms with Gasteiger partial charge in [-0.25, -0.2) is 0 Å². The summed E-state index contributed by atoms with van der Waals surface area (Å²) in [6.45, 7) is 4.16. The lowest BCUT2D eigenvalue weighted by molar-refractivity contribution is -0.150. The van der Waals surface area contributed by atoms with Crippen molar-refractivity contribution < 1.29 is 24.2 Å². The summed E-state index contributed by atoms with van der Waals surface area (Å²) < 4.78 is 5.88. The molecular weight excluding hydrogens is 550 g/mol. The number of ether oxygens (including phenoxy) is 1. The summed E-state index contributed by atoms with van der Waals surface area (Å²) >= 11 is 0. The Morgan fingerprint density at radius 1 is 0.500 bits per heavy atom. The molecule has 0 aromatic rings. The van der Waals surface area contributed by atoms with Crippen molar-refractivity contribution in [3.8, 4) is 0 Å². The first-order valence-corrected chi connectivity index (χ1v) is 19.2. The topological polar surface area (TPSA) is 92.7 Å². The van der Waals surface area contributed by atoms with E-state index in [-0.39, 0.29) is 24.5 Å². The first kappa shape index (κ1) is 42.4. The minimum Gasteiger partial charge on any atom is -0.480 e. The van der Waals surface area contributed by atoms with Crippen molar-refractivity contribution in [2.24, 2.45) is 0 Å². The molecule has 1 unspecified atom stereocenters. The average molecular weight is 624 g/mol. The van der Waals surface area contributed by atoms with Crippen LogP contribution in [0.5, 0.6) is 0 Å². The highest BCUT2D eigenvalue weighted by molar-refractivity contribution is 5.80. The van der Waals surface area contributed by atoms with E-state index >= 15 is 0 Å². The molecule has 0 saturated carbocycles.